The van der Waals surface area contributed by atoms with Gasteiger partial charge in [-0.3, -0.25) is 14.4 Å². The molecule has 2 aromatic rings. The lowest BCUT2D eigenvalue weighted by Crippen LogP contribution is -2.23. The predicted octanol–water partition coefficient (Wildman–Crippen LogP) is 2.71. The molecule has 142 valence electrons. The fourth-order valence-electron chi connectivity index (χ4n) is 2.49. The minimum absolute atomic E-state index is 0.0722. The van der Waals surface area contributed by atoms with Gasteiger partial charge in [0.1, 0.15) is 0 Å². The van der Waals surface area contributed by atoms with Gasteiger partial charge in [-0.05, 0) is 48.9 Å². The monoisotopic (exact) mass is 368 g/mol. The van der Waals surface area contributed by atoms with Crippen molar-refractivity contribution >= 4 is 34.8 Å². The third-order valence-electron chi connectivity index (χ3n) is 3.91. The second-order valence-electron chi connectivity index (χ2n) is 6.34. The first-order valence-electron chi connectivity index (χ1n) is 8.50. The molecule has 3 amide bonds. The van der Waals surface area contributed by atoms with E-state index in [1.54, 1.807) is 50.5 Å². The van der Waals surface area contributed by atoms with Gasteiger partial charge >= 0.3 is 0 Å². The molecule has 7 nitrogen and oxygen atoms in total. The summed E-state index contributed by atoms with van der Waals surface area (Å²) in [6.07, 6.45) is 0. The molecular formula is C20H24N4O3. The van der Waals surface area contributed by atoms with Crippen molar-refractivity contribution in [1.82, 2.24) is 4.90 Å². The number of carbonyl (C=O) groups excluding carboxylic acids is 3. The first kappa shape index (κ1) is 20.0. The van der Waals surface area contributed by atoms with E-state index in [0.29, 0.717) is 16.9 Å². The molecular weight excluding hydrogens is 344 g/mol. The van der Waals surface area contributed by atoms with E-state index in [1.807, 2.05) is 13.0 Å². The van der Waals surface area contributed by atoms with E-state index < -0.39 is 0 Å². The van der Waals surface area contributed by atoms with Crippen LogP contribution in [0.5, 0.6) is 0 Å². The van der Waals surface area contributed by atoms with E-state index in [9.17, 15) is 14.4 Å². The largest absolute Gasteiger partial charge is 0.376 e. The fraction of sp³-hybridized carbons (Fsp3) is 0.250. The number of hydrogen-bond acceptors (Lipinski definition) is 4. The van der Waals surface area contributed by atoms with Crippen LogP contribution in [0, 0.1) is 6.92 Å². The van der Waals surface area contributed by atoms with Crippen LogP contribution in [0.4, 0.5) is 17.1 Å². The second-order valence-corrected chi connectivity index (χ2v) is 6.34. The number of benzene rings is 2. The molecule has 2 rings (SSSR count). The van der Waals surface area contributed by atoms with Gasteiger partial charge in [0.25, 0.3) is 5.91 Å². The van der Waals surface area contributed by atoms with Gasteiger partial charge in [0, 0.05) is 43.6 Å². The van der Waals surface area contributed by atoms with Crippen LogP contribution in [0.15, 0.2) is 42.5 Å². The van der Waals surface area contributed by atoms with Crippen molar-refractivity contribution in [2.45, 2.75) is 13.8 Å². The summed E-state index contributed by atoms with van der Waals surface area (Å²) in [5, 5.41) is 8.60. The smallest absolute Gasteiger partial charge is 0.253 e. The van der Waals surface area contributed by atoms with Gasteiger partial charge in [-0.2, -0.15) is 0 Å². The Labute approximate surface area is 158 Å². The number of anilines is 3. The predicted molar refractivity (Wildman–Crippen MR) is 107 cm³/mol. The molecule has 27 heavy (non-hydrogen) atoms. The quantitative estimate of drug-likeness (QED) is 0.731. The molecule has 0 fully saturated rings. The molecule has 0 aliphatic heterocycles. The lowest BCUT2D eigenvalue weighted by Gasteiger charge is -2.14. The SMILES string of the molecule is CC(=O)Nc1cccc(NCC(=O)Nc2ccc(C(=O)N(C)C)cc2)c1C. The zero-order valence-corrected chi connectivity index (χ0v) is 15.9. The minimum atomic E-state index is -0.217. The van der Waals surface area contributed by atoms with Crippen molar-refractivity contribution in [3.8, 4) is 0 Å². The molecule has 0 heterocycles. The molecule has 0 unspecified atom stereocenters. The van der Waals surface area contributed by atoms with Crippen molar-refractivity contribution in [2.75, 3.05) is 36.6 Å². The summed E-state index contributed by atoms with van der Waals surface area (Å²) in [7, 11) is 3.37. The van der Waals surface area contributed by atoms with Crippen molar-refractivity contribution < 1.29 is 14.4 Å². The highest BCUT2D eigenvalue weighted by Gasteiger charge is 2.09. The van der Waals surface area contributed by atoms with Crippen LogP contribution in [0.2, 0.25) is 0 Å². The maximum Gasteiger partial charge on any atom is 0.253 e. The van der Waals surface area contributed by atoms with Crippen LogP contribution in [0.3, 0.4) is 0 Å². The second kappa shape index (κ2) is 8.84. The number of nitrogens with zero attached hydrogens (tertiary/aromatic N) is 1. The summed E-state index contributed by atoms with van der Waals surface area (Å²) in [5.41, 5.74) is 3.49. The molecule has 7 heteroatoms. The van der Waals surface area contributed by atoms with Crippen molar-refractivity contribution in [1.29, 1.82) is 0 Å². The number of nitrogens with one attached hydrogen (secondary N) is 3. The van der Waals surface area contributed by atoms with E-state index in [1.165, 1.54) is 11.8 Å². The van der Waals surface area contributed by atoms with Gasteiger partial charge in [0.2, 0.25) is 11.8 Å². The number of amides is 3. The van der Waals surface area contributed by atoms with Crippen LogP contribution in [-0.4, -0.2) is 43.3 Å². The molecule has 0 radical (unpaired) electrons. The maximum absolute atomic E-state index is 12.2. The van der Waals surface area contributed by atoms with Gasteiger partial charge in [0.05, 0.1) is 6.54 Å². The highest BCUT2D eigenvalue weighted by atomic mass is 16.2. The molecule has 0 aromatic heterocycles. The molecule has 0 saturated heterocycles. The van der Waals surface area contributed by atoms with E-state index in [0.717, 1.165) is 11.3 Å². The zero-order chi connectivity index (χ0) is 20.0. The molecule has 3 N–H and O–H groups in total. The van der Waals surface area contributed by atoms with Gasteiger partial charge in [-0.15, -0.1) is 0 Å². The van der Waals surface area contributed by atoms with Crippen LogP contribution in [-0.2, 0) is 9.59 Å². The molecule has 0 spiro atoms. The van der Waals surface area contributed by atoms with Gasteiger partial charge in [-0.25, -0.2) is 0 Å². The number of carbonyl (C=O) groups is 3. The number of hydrogen-bond donors (Lipinski definition) is 3. The fourth-order valence-corrected chi connectivity index (χ4v) is 2.49. The molecule has 0 aliphatic rings. The molecule has 0 bridgehead atoms. The van der Waals surface area contributed by atoms with Gasteiger partial charge in [0.15, 0.2) is 0 Å². The van der Waals surface area contributed by atoms with E-state index in [2.05, 4.69) is 16.0 Å². The Morgan fingerprint density at radius 1 is 0.926 bits per heavy atom. The van der Waals surface area contributed by atoms with Crippen LogP contribution in [0.25, 0.3) is 0 Å². The molecule has 0 atom stereocenters. The lowest BCUT2D eigenvalue weighted by molar-refractivity contribution is -0.115. The Kier molecular flexibility index (Phi) is 6.54. The minimum Gasteiger partial charge on any atom is -0.376 e. The highest BCUT2D eigenvalue weighted by molar-refractivity contribution is 5.97. The third-order valence-corrected chi connectivity index (χ3v) is 3.91. The summed E-state index contributed by atoms with van der Waals surface area (Å²) in [6.45, 7) is 3.39. The standard InChI is InChI=1S/C20H24N4O3/c1-13-17(6-5-7-18(13)22-14(2)25)21-12-19(26)23-16-10-8-15(9-11-16)20(27)24(3)4/h5-11,21H,12H2,1-4H3,(H,22,25)(H,23,26). The van der Waals surface area contributed by atoms with Crippen molar-refractivity contribution in [3.05, 3.63) is 53.6 Å². The maximum atomic E-state index is 12.2. The topological polar surface area (TPSA) is 90.5 Å². The number of rotatable bonds is 6. The molecule has 0 saturated carbocycles. The van der Waals surface area contributed by atoms with Crippen molar-refractivity contribution in [2.24, 2.45) is 0 Å². The van der Waals surface area contributed by atoms with Crippen LogP contribution in [0.1, 0.15) is 22.8 Å². The van der Waals surface area contributed by atoms with E-state index in [4.69, 9.17) is 0 Å². The summed E-state index contributed by atoms with van der Waals surface area (Å²) >= 11 is 0. The summed E-state index contributed by atoms with van der Waals surface area (Å²) in [5.74, 6) is -0.459. The Balaban J connectivity index is 1.95. The Bertz CT molecular complexity index is 845. The van der Waals surface area contributed by atoms with Crippen molar-refractivity contribution in [3.63, 3.8) is 0 Å². The first-order valence-corrected chi connectivity index (χ1v) is 8.50. The summed E-state index contributed by atoms with van der Waals surface area (Å²) in [6, 6.07) is 12.2. The first-order chi connectivity index (χ1) is 12.8. The van der Waals surface area contributed by atoms with Gasteiger partial charge in [-0.1, -0.05) is 6.07 Å². The Hall–Kier alpha value is -3.35. The van der Waals surface area contributed by atoms with Gasteiger partial charge < -0.3 is 20.9 Å². The summed E-state index contributed by atoms with van der Waals surface area (Å²) in [4.78, 5) is 36.8. The summed E-state index contributed by atoms with van der Waals surface area (Å²) < 4.78 is 0. The normalized spacial score (nSPS) is 10.1. The lowest BCUT2D eigenvalue weighted by atomic mass is 10.1. The zero-order valence-electron chi connectivity index (χ0n) is 15.9. The average Bonchev–Trinajstić information content (AvgIpc) is 2.62. The Morgan fingerprint density at radius 2 is 1.56 bits per heavy atom. The van der Waals surface area contributed by atoms with E-state index >= 15 is 0 Å². The average molecular weight is 368 g/mol. The third kappa shape index (κ3) is 5.57. The van der Waals surface area contributed by atoms with Crippen LogP contribution >= 0.6 is 0 Å². The Morgan fingerprint density at radius 3 is 2.15 bits per heavy atom. The van der Waals surface area contributed by atoms with E-state index in [-0.39, 0.29) is 24.3 Å². The molecule has 2 aromatic carbocycles. The highest BCUT2D eigenvalue weighted by Crippen LogP contribution is 2.23. The van der Waals surface area contributed by atoms with Crippen LogP contribution < -0.4 is 16.0 Å². The molecule has 0 aliphatic carbocycles.